The van der Waals surface area contributed by atoms with Crippen LogP contribution >= 0.6 is 15.9 Å². The van der Waals surface area contributed by atoms with Crippen molar-refractivity contribution < 1.29 is 9.59 Å². The van der Waals surface area contributed by atoms with E-state index in [-0.39, 0.29) is 18.4 Å². The number of anilines is 1. The quantitative estimate of drug-likeness (QED) is 0.576. The van der Waals surface area contributed by atoms with Gasteiger partial charge in [0.2, 0.25) is 5.91 Å². The van der Waals surface area contributed by atoms with E-state index in [9.17, 15) is 9.59 Å². The van der Waals surface area contributed by atoms with E-state index in [0.717, 1.165) is 43.9 Å². The maximum atomic E-state index is 12.4. The lowest BCUT2D eigenvalue weighted by Crippen LogP contribution is -2.33. The van der Waals surface area contributed by atoms with Crippen LogP contribution in [0.4, 0.5) is 5.69 Å². The van der Waals surface area contributed by atoms with Gasteiger partial charge in [0, 0.05) is 11.3 Å². The largest absolute Gasteiger partial charge is 0.343 e. The minimum atomic E-state index is -0.302. The maximum absolute atomic E-state index is 12.4. The molecule has 0 saturated carbocycles. The molecular weight excluding hydrogens is 444 g/mol. The summed E-state index contributed by atoms with van der Waals surface area (Å²) in [5, 5.41) is 10.0. The first kappa shape index (κ1) is 21.8. The number of carbonyl (C=O) groups excluding carboxylic acids is 2. The molecule has 0 unspecified atom stereocenters. The van der Waals surface area contributed by atoms with Crippen LogP contribution in [0.1, 0.15) is 38.4 Å². The summed E-state index contributed by atoms with van der Waals surface area (Å²) in [5.41, 5.74) is 7.17. The molecule has 30 heavy (non-hydrogen) atoms. The van der Waals surface area contributed by atoms with E-state index in [2.05, 4.69) is 31.7 Å². The van der Waals surface area contributed by atoms with E-state index in [1.807, 2.05) is 63.6 Å². The van der Waals surface area contributed by atoms with Gasteiger partial charge in [0.1, 0.15) is 0 Å². The van der Waals surface area contributed by atoms with Gasteiger partial charge in [-0.05, 0) is 85.9 Å². The number of aryl methyl sites for hydroxylation is 4. The summed E-state index contributed by atoms with van der Waals surface area (Å²) >= 11 is 3.52. The van der Waals surface area contributed by atoms with Crippen molar-refractivity contribution in [1.29, 1.82) is 0 Å². The van der Waals surface area contributed by atoms with Crippen LogP contribution in [0.15, 0.2) is 40.9 Å². The minimum absolute atomic E-state index is 0.0995. The van der Waals surface area contributed by atoms with Crippen molar-refractivity contribution in [1.82, 2.24) is 15.1 Å². The van der Waals surface area contributed by atoms with Crippen LogP contribution in [0.2, 0.25) is 0 Å². The second-order valence-corrected chi connectivity index (χ2v) is 8.24. The number of hydrogen-bond donors (Lipinski definition) is 2. The van der Waals surface area contributed by atoms with Gasteiger partial charge in [-0.15, -0.1) is 0 Å². The number of hydrogen-bond acceptors (Lipinski definition) is 3. The average Bonchev–Trinajstić information content (AvgIpc) is 2.96. The highest BCUT2D eigenvalue weighted by Gasteiger charge is 2.13. The molecule has 0 fully saturated rings. The van der Waals surface area contributed by atoms with Crippen LogP contribution in [-0.4, -0.2) is 28.1 Å². The molecule has 0 aliphatic carbocycles. The Bertz CT molecular complexity index is 1090. The van der Waals surface area contributed by atoms with Crippen molar-refractivity contribution >= 4 is 33.4 Å². The summed E-state index contributed by atoms with van der Waals surface area (Å²) in [6.07, 6.45) is 0. The van der Waals surface area contributed by atoms with Crippen molar-refractivity contribution in [2.45, 2.75) is 34.6 Å². The molecule has 1 heterocycles. The number of nitrogens with one attached hydrogen (secondary N) is 2. The molecule has 0 radical (unpaired) electrons. The molecule has 0 aliphatic heterocycles. The summed E-state index contributed by atoms with van der Waals surface area (Å²) in [6, 6.07) is 11.1. The van der Waals surface area contributed by atoms with E-state index in [0.29, 0.717) is 5.56 Å². The SMILES string of the molecule is Cc1cc(C)c(NC(=O)CNC(=O)c2ccc(-n3nc(C)c(Br)c3C)cc2)c(C)c1. The van der Waals surface area contributed by atoms with Crippen molar-refractivity contribution in [3.8, 4) is 5.69 Å². The Morgan fingerprint density at radius 1 is 1.00 bits per heavy atom. The zero-order chi connectivity index (χ0) is 22.0. The predicted molar refractivity (Wildman–Crippen MR) is 122 cm³/mol. The Morgan fingerprint density at radius 3 is 2.13 bits per heavy atom. The molecule has 7 heteroatoms. The predicted octanol–water partition coefficient (Wildman–Crippen LogP) is 4.55. The van der Waals surface area contributed by atoms with Crippen LogP contribution in [0.5, 0.6) is 0 Å². The van der Waals surface area contributed by atoms with E-state index in [1.165, 1.54) is 0 Å². The highest BCUT2D eigenvalue weighted by molar-refractivity contribution is 9.10. The number of aromatic nitrogens is 2. The molecule has 156 valence electrons. The van der Waals surface area contributed by atoms with Gasteiger partial charge >= 0.3 is 0 Å². The zero-order valence-corrected chi connectivity index (χ0v) is 19.3. The molecule has 0 saturated heterocycles. The third-order valence-electron chi connectivity index (χ3n) is 4.93. The Morgan fingerprint density at radius 2 is 1.60 bits per heavy atom. The van der Waals surface area contributed by atoms with Crippen molar-refractivity contribution in [2.24, 2.45) is 0 Å². The highest BCUT2D eigenvalue weighted by atomic mass is 79.9. The summed E-state index contributed by atoms with van der Waals surface area (Å²) in [4.78, 5) is 24.7. The lowest BCUT2D eigenvalue weighted by atomic mass is 10.1. The molecule has 3 aromatic rings. The molecule has 0 atom stereocenters. The summed E-state index contributed by atoms with van der Waals surface area (Å²) < 4.78 is 2.79. The van der Waals surface area contributed by atoms with Gasteiger partial charge in [-0.3, -0.25) is 9.59 Å². The molecule has 2 N–H and O–H groups in total. The Hall–Kier alpha value is -2.93. The lowest BCUT2D eigenvalue weighted by Gasteiger charge is -2.13. The first-order chi connectivity index (χ1) is 14.2. The van der Waals surface area contributed by atoms with E-state index < -0.39 is 0 Å². The number of nitrogens with zero attached hydrogens (tertiary/aromatic N) is 2. The summed E-state index contributed by atoms with van der Waals surface area (Å²) in [6.45, 7) is 9.73. The fourth-order valence-corrected chi connectivity index (χ4v) is 3.70. The van der Waals surface area contributed by atoms with Gasteiger partial charge in [-0.1, -0.05) is 17.7 Å². The average molecular weight is 469 g/mol. The molecule has 0 spiro atoms. The minimum Gasteiger partial charge on any atom is -0.343 e. The highest BCUT2D eigenvalue weighted by Crippen LogP contribution is 2.23. The van der Waals surface area contributed by atoms with Gasteiger partial charge in [-0.25, -0.2) is 4.68 Å². The molecule has 2 amide bonds. The zero-order valence-electron chi connectivity index (χ0n) is 17.8. The fourth-order valence-electron chi connectivity index (χ4n) is 3.45. The Kier molecular flexibility index (Phi) is 6.41. The fraction of sp³-hybridized carbons (Fsp3) is 0.261. The standard InChI is InChI=1S/C23H25BrN4O2/c1-13-10-14(2)22(15(3)11-13)26-20(29)12-25-23(30)18-6-8-19(9-7-18)28-17(5)21(24)16(4)27-28/h6-11H,12H2,1-5H3,(H,25,30)(H,26,29). The topological polar surface area (TPSA) is 76.0 Å². The number of rotatable bonds is 5. The Balaban J connectivity index is 1.62. The van der Waals surface area contributed by atoms with Gasteiger partial charge in [0.15, 0.2) is 0 Å². The van der Waals surface area contributed by atoms with Gasteiger partial charge in [0.05, 0.1) is 28.1 Å². The normalized spacial score (nSPS) is 10.7. The summed E-state index contributed by atoms with van der Waals surface area (Å²) in [7, 11) is 0. The first-order valence-electron chi connectivity index (χ1n) is 9.65. The van der Waals surface area contributed by atoms with Crippen LogP contribution in [0.3, 0.4) is 0 Å². The van der Waals surface area contributed by atoms with Gasteiger partial charge in [0.25, 0.3) is 5.91 Å². The lowest BCUT2D eigenvalue weighted by molar-refractivity contribution is -0.115. The third kappa shape index (κ3) is 4.62. The van der Waals surface area contributed by atoms with Crippen molar-refractivity contribution in [3.63, 3.8) is 0 Å². The van der Waals surface area contributed by atoms with Crippen molar-refractivity contribution in [3.05, 3.63) is 74.5 Å². The second-order valence-electron chi connectivity index (χ2n) is 7.45. The number of halogens is 1. The monoisotopic (exact) mass is 468 g/mol. The van der Waals surface area contributed by atoms with E-state index in [4.69, 9.17) is 0 Å². The van der Waals surface area contributed by atoms with Crippen LogP contribution < -0.4 is 10.6 Å². The van der Waals surface area contributed by atoms with Crippen LogP contribution in [0.25, 0.3) is 5.69 Å². The first-order valence-corrected chi connectivity index (χ1v) is 10.4. The van der Waals surface area contributed by atoms with Crippen LogP contribution in [-0.2, 0) is 4.79 Å². The van der Waals surface area contributed by atoms with E-state index in [1.54, 1.807) is 12.1 Å². The molecule has 1 aromatic heterocycles. The number of amides is 2. The van der Waals surface area contributed by atoms with Crippen LogP contribution in [0, 0.1) is 34.6 Å². The molecular formula is C23H25BrN4O2. The van der Waals surface area contributed by atoms with Gasteiger partial charge in [-0.2, -0.15) is 5.10 Å². The van der Waals surface area contributed by atoms with E-state index >= 15 is 0 Å². The third-order valence-corrected chi connectivity index (χ3v) is 6.08. The number of carbonyl (C=O) groups is 2. The smallest absolute Gasteiger partial charge is 0.251 e. The summed E-state index contributed by atoms with van der Waals surface area (Å²) in [5.74, 6) is -0.564. The van der Waals surface area contributed by atoms with Gasteiger partial charge < -0.3 is 10.6 Å². The molecule has 0 bridgehead atoms. The maximum Gasteiger partial charge on any atom is 0.251 e. The Labute approximate surface area is 184 Å². The van der Waals surface area contributed by atoms with Crippen molar-refractivity contribution in [2.75, 3.05) is 11.9 Å². The molecule has 0 aliphatic rings. The number of benzene rings is 2. The molecule has 6 nitrogen and oxygen atoms in total. The second kappa shape index (κ2) is 8.83. The molecule has 2 aromatic carbocycles. The molecule has 3 rings (SSSR count).